The number of Topliss-reactive ketones (excluding diaryl/α,β-unsaturated/α-hetero) is 1. The number of nitrogens with one attached hydrogen (secondary N) is 3. The van der Waals surface area contributed by atoms with Crippen LogP contribution in [0.5, 0.6) is 0 Å². The molecule has 0 aromatic heterocycles. The predicted molar refractivity (Wildman–Crippen MR) is 150 cm³/mol. The van der Waals surface area contributed by atoms with E-state index in [-0.39, 0.29) is 46.5 Å². The second-order valence-electron chi connectivity index (χ2n) is 13.9. The molecule has 214 valence electrons. The summed E-state index contributed by atoms with van der Waals surface area (Å²) in [5.74, 6) is -0.816. The normalized spacial score (nSPS) is 30.2. The Bertz CT molecular complexity index is 1120. The first kappa shape index (κ1) is 28.9. The summed E-state index contributed by atoms with van der Waals surface area (Å²) in [5.41, 5.74) is 5.92. The third-order valence-corrected chi connectivity index (χ3v) is 9.14. The molecule has 0 bridgehead atoms. The van der Waals surface area contributed by atoms with Crippen LogP contribution in [0.3, 0.4) is 0 Å². The number of carbonyl (C=O) groups is 4. The Labute approximate surface area is 232 Å². The molecule has 0 radical (unpaired) electrons. The summed E-state index contributed by atoms with van der Waals surface area (Å²) < 4.78 is 0. The third kappa shape index (κ3) is 5.12. The van der Waals surface area contributed by atoms with Crippen molar-refractivity contribution in [3.05, 3.63) is 36.6 Å². The quantitative estimate of drug-likeness (QED) is 0.385. The second kappa shape index (κ2) is 9.82. The van der Waals surface area contributed by atoms with Gasteiger partial charge < -0.3 is 26.6 Å². The lowest BCUT2D eigenvalue weighted by Gasteiger charge is -2.49. The van der Waals surface area contributed by atoms with Gasteiger partial charge in [-0.3, -0.25) is 14.4 Å². The first-order valence-electron chi connectivity index (χ1n) is 14.0. The smallest absolute Gasteiger partial charge is 0.315 e. The molecule has 4 rings (SSSR count). The Kier molecular flexibility index (Phi) is 7.28. The molecule has 3 unspecified atom stereocenters. The van der Waals surface area contributed by atoms with Crippen molar-refractivity contribution in [2.24, 2.45) is 34.3 Å². The van der Waals surface area contributed by atoms with Gasteiger partial charge in [0.25, 0.3) is 0 Å². The van der Waals surface area contributed by atoms with Crippen LogP contribution in [-0.2, 0) is 14.4 Å². The molecular weight excluding hydrogens is 494 g/mol. The highest BCUT2D eigenvalue weighted by Crippen LogP contribution is 2.59. The number of nitrogens with two attached hydrogens (primary N) is 1. The summed E-state index contributed by atoms with van der Waals surface area (Å²) in [7, 11) is 0. The number of hydrogen-bond acceptors (Lipinski definition) is 5. The number of amides is 4. The molecule has 5 N–H and O–H groups in total. The molecule has 9 heteroatoms. The van der Waals surface area contributed by atoms with Crippen molar-refractivity contribution in [1.82, 2.24) is 20.9 Å². The van der Waals surface area contributed by atoms with Crippen molar-refractivity contribution in [3.8, 4) is 0 Å². The largest absolute Gasteiger partial charge is 0.396 e. The fraction of sp³-hybridized carbons (Fsp3) is 0.667. The molecule has 4 aliphatic rings. The van der Waals surface area contributed by atoms with Gasteiger partial charge in [-0.15, -0.1) is 13.2 Å². The second-order valence-corrected chi connectivity index (χ2v) is 13.9. The predicted octanol–water partition coefficient (Wildman–Crippen LogP) is 2.78. The van der Waals surface area contributed by atoms with E-state index in [1.165, 1.54) is 0 Å². The van der Waals surface area contributed by atoms with Crippen LogP contribution in [0.15, 0.2) is 36.6 Å². The van der Waals surface area contributed by atoms with E-state index in [4.69, 9.17) is 5.73 Å². The number of fused-ring (bicyclic) bond motifs is 2. The Morgan fingerprint density at radius 2 is 1.77 bits per heavy atom. The highest BCUT2D eigenvalue weighted by molar-refractivity contribution is 6.03. The number of rotatable bonds is 6. The van der Waals surface area contributed by atoms with Gasteiger partial charge in [0.1, 0.15) is 12.1 Å². The highest BCUT2D eigenvalue weighted by Gasteiger charge is 2.62. The molecular formula is C30H45N5O4. The van der Waals surface area contributed by atoms with Crippen LogP contribution in [0.4, 0.5) is 4.79 Å². The standard InChI is InChI=1S/C30H45N5O4/c1-9-30(10-2)14-18-19(30)15-35(26(38)24(28(3,4)5)33-27(39)34-29(6,7)8)22(18)25(37)32-20-13-16-11-12-17(16)21(31)23(20)36/h9-10,16,18-20,22,24H,1-2,11-15,31H2,3-8H3,(H,32,37)(H2,33,34,39)/t16?,18-,19?,20?,22-,24+/m0/s1. The van der Waals surface area contributed by atoms with Crippen LogP contribution in [0.25, 0.3) is 0 Å². The average Bonchev–Trinajstić information content (AvgIpc) is 3.11. The van der Waals surface area contributed by atoms with Gasteiger partial charge in [-0.1, -0.05) is 32.9 Å². The summed E-state index contributed by atoms with van der Waals surface area (Å²) in [6.07, 6.45) is 6.69. The molecule has 1 aliphatic heterocycles. The maximum Gasteiger partial charge on any atom is 0.315 e. The lowest BCUT2D eigenvalue weighted by molar-refractivity contribution is -0.143. The lowest BCUT2D eigenvalue weighted by atomic mass is 9.53. The molecule has 39 heavy (non-hydrogen) atoms. The van der Waals surface area contributed by atoms with Gasteiger partial charge in [-0.05, 0) is 75.2 Å². The Morgan fingerprint density at radius 3 is 2.28 bits per heavy atom. The molecule has 0 aromatic rings. The molecule has 9 nitrogen and oxygen atoms in total. The van der Waals surface area contributed by atoms with Crippen LogP contribution in [0, 0.1) is 28.6 Å². The molecule has 1 saturated heterocycles. The number of hydrogen-bond donors (Lipinski definition) is 4. The molecule has 1 heterocycles. The van der Waals surface area contributed by atoms with E-state index < -0.39 is 35.1 Å². The Balaban J connectivity index is 1.61. The minimum Gasteiger partial charge on any atom is -0.396 e. The zero-order chi connectivity index (χ0) is 29.1. The minimum absolute atomic E-state index is 0.0264. The first-order valence-corrected chi connectivity index (χ1v) is 14.0. The van der Waals surface area contributed by atoms with Crippen molar-refractivity contribution < 1.29 is 19.2 Å². The summed E-state index contributed by atoms with van der Waals surface area (Å²) in [5, 5.41) is 8.69. The highest BCUT2D eigenvalue weighted by atomic mass is 16.2. The van der Waals surface area contributed by atoms with Crippen molar-refractivity contribution >= 4 is 23.6 Å². The lowest BCUT2D eigenvalue weighted by Crippen LogP contribution is -2.62. The Hall–Kier alpha value is -3.10. The maximum atomic E-state index is 14.2. The third-order valence-electron chi connectivity index (χ3n) is 9.14. The average molecular weight is 540 g/mol. The van der Waals surface area contributed by atoms with Gasteiger partial charge in [0.05, 0.1) is 11.7 Å². The van der Waals surface area contributed by atoms with Crippen LogP contribution in [0.2, 0.25) is 0 Å². The van der Waals surface area contributed by atoms with E-state index in [1.807, 2.05) is 53.7 Å². The molecule has 4 amide bonds. The van der Waals surface area contributed by atoms with Gasteiger partial charge in [0, 0.05) is 17.5 Å². The zero-order valence-electron chi connectivity index (χ0n) is 24.2. The number of carbonyl (C=O) groups excluding carboxylic acids is 4. The van der Waals surface area contributed by atoms with Crippen LogP contribution in [-0.4, -0.2) is 58.7 Å². The Morgan fingerprint density at radius 1 is 1.13 bits per heavy atom. The van der Waals surface area contributed by atoms with E-state index >= 15 is 0 Å². The van der Waals surface area contributed by atoms with E-state index in [0.717, 1.165) is 18.4 Å². The summed E-state index contributed by atoms with van der Waals surface area (Å²) in [4.78, 5) is 55.5. The summed E-state index contributed by atoms with van der Waals surface area (Å²) in [6.45, 7) is 19.6. The molecule has 3 aliphatic carbocycles. The molecule has 3 fully saturated rings. The van der Waals surface area contributed by atoms with Crippen LogP contribution >= 0.6 is 0 Å². The van der Waals surface area contributed by atoms with Crippen LogP contribution < -0.4 is 21.7 Å². The first-order chi connectivity index (χ1) is 18.0. The monoisotopic (exact) mass is 539 g/mol. The van der Waals surface area contributed by atoms with Crippen molar-refractivity contribution in [2.45, 2.75) is 90.9 Å². The molecule has 0 spiro atoms. The number of allylic oxidation sites excluding steroid dienone is 3. The van der Waals surface area contributed by atoms with E-state index in [9.17, 15) is 19.2 Å². The number of likely N-dealkylation sites (tertiary alicyclic amines) is 1. The number of urea groups is 1. The summed E-state index contributed by atoms with van der Waals surface area (Å²) in [6, 6.07) is -2.78. The molecule has 6 atom stereocenters. The number of ketones is 1. The molecule has 0 aromatic carbocycles. The summed E-state index contributed by atoms with van der Waals surface area (Å²) >= 11 is 0. The molecule has 2 saturated carbocycles. The van der Waals surface area contributed by atoms with Crippen LogP contribution in [0.1, 0.15) is 67.2 Å². The minimum atomic E-state index is -0.873. The van der Waals surface area contributed by atoms with Gasteiger partial charge in [-0.2, -0.15) is 0 Å². The zero-order valence-corrected chi connectivity index (χ0v) is 24.2. The van der Waals surface area contributed by atoms with E-state index in [0.29, 0.717) is 19.4 Å². The topological polar surface area (TPSA) is 134 Å². The van der Waals surface area contributed by atoms with Gasteiger partial charge in [0.15, 0.2) is 0 Å². The SMILES string of the molecule is C=CC1(C=C)C[C@H]2C1CN(C(=O)[C@@H](NC(=O)NC(C)(C)C)C(C)(C)C)[C@@H]2C(=O)NC1CC2CCC2=C(N)C1=O. The van der Waals surface area contributed by atoms with Gasteiger partial charge in [-0.25, -0.2) is 4.79 Å². The van der Waals surface area contributed by atoms with E-state index in [2.05, 4.69) is 29.1 Å². The van der Waals surface area contributed by atoms with Gasteiger partial charge >= 0.3 is 6.03 Å². The van der Waals surface area contributed by atoms with Crippen molar-refractivity contribution in [3.63, 3.8) is 0 Å². The maximum absolute atomic E-state index is 14.2. The van der Waals surface area contributed by atoms with Gasteiger partial charge in [0.2, 0.25) is 17.6 Å². The fourth-order valence-corrected chi connectivity index (χ4v) is 6.80. The number of nitrogens with zero attached hydrogens (tertiary/aromatic N) is 1. The fourth-order valence-electron chi connectivity index (χ4n) is 6.80. The van der Waals surface area contributed by atoms with Crippen molar-refractivity contribution in [1.29, 1.82) is 0 Å². The van der Waals surface area contributed by atoms with Crippen molar-refractivity contribution in [2.75, 3.05) is 6.54 Å². The van der Waals surface area contributed by atoms with E-state index in [1.54, 1.807) is 4.90 Å².